The second kappa shape index (κ2) is 8.00. The van der Waals surface area contributed by atoms with Crippen LogP contribution in [0.25, 0.3) is 10.9 Å². The van der Waals surface area contributed by atoms with Gasteiger partial charge in [0.2, 0.25) is 0 Å². The van der Waals surface area contributed by atoms with E-state index in [1.165, 1.54) is 34.4 Å². The molecule has 0 aliphatic carbocycles. The first-order chi connectivity index (χ1) is 13.8. The average Bonchev–Trinajstić information content (AvgIpc) is 3.02. The molecule has 1 fully saturated rings. The third-order valence-electron chi connectivity index (χ3n) is 5.25. The van der Waals surface area contributed by atoms with Crippen molar-refractivity contribution in [3.05, 3.63) is 63.5 Å². The summed E-state index contributed by atoms with van der Waals surface area (Å²) in [5.74, 6) is -0.422. The zero-order chi connectivity index (χ0) is 20.8. The van der Waals surface area contributed by atoms with Crippen molar-refractivity contribution >= 4 is 48.5 Å². The standard InChI is InChI=1S/C20H20BrClFN3O2S/c1-24-6-8-25(9-7-24)12-14-10-16(3-4-19(14)22)29(27,28)26-13-18(21)17-11-15(23)2-5-20(17)26/h2-5,10-11,13H,6-9,12H2,1H3. The Balaban J connectivity index is 1.71. The van der Waals surface area contributed by atoms with Gasteiger partial charge in [-0.3, -0.25) is 4.90 Å². The highest BCUT2D eigenvalue weighted by Crippen LogP contribution is 2.31. The molecule has 0 atom stereocenters. The SMILES string of the molecule is CN1CCN(Cc2cc(S(=O)(=O)n3cc(Br)c4cc(F)ccc43)ccc2Cl)CC1. The third-order valence-corrected chi connectivity index (χ3v) is 7.92. The number of aromatic nitrogens is 1. The van der Waals surface area contributed by atoms with Crippen LogP contribution in [-0.4, -0.2) is 55.4 Å². The Kier molecular flexibility index (Phi) is 5.74. The molecule has 0 N–H and O–H groups in total. The highest BCUT2D eigenvalue weighted by atomic mass is 79.9. The van der Waals surface area contributed by atoms with E-state index in [-0.39, 0.29) is 4.90 Å². The number of rotatable bonds is 4. The Morgan fingerprint density at radius 3 is 2.55 bits per heavy atom. The molecule has 1 aliphatic heterocycles. The molecule has 2 heterocycles. The predicted molar refractivity (Wildman–Crippen MR) is 116 cm³/mol. The van der Waals surface area contributed by atoms with Crippen LogP contribution in [0.15, 0.2) is 52.0 Å². The number of halogens is 3. The largest absolute Gasteiger partial charge is 0.304 e. The van der Waals surface area contributed by atoms with E-state index >= 15 is 0 Å². The minimum absolute atomic E-state index is 0.153. The third kappa shape index (κ3) is 4.09. The number of likely N-dealkylation sites (N-methyl/N-ethyl adjacent to an activating group) is 1. The van der Waals surface area contributed by atoms with Gasteiger partial charge in [-0.05, 0) is 64.9 Å². The highest BCUT2D eigenvalue weighted by Gasteiger charge is 2.23. The lowest BCUT2D eigenvalue weighted by Gasteiger charge is -2.32. The predicted octanol–water partition coefficient (Wildman–Crippen LogP) is 4.18. The lowest BCUT2D eigenvalue weighted by molar-refractivity contribution is 0.148. The van der Waals surface area contributed by atoms with Crippen LogP contribution in [0.3, 0.4) is 0 Å². The normalized spacial score (nSPS) is 16.6. The number of piperazine rings is 1. The quantitative estimate of drug-likeness (QED) is 0.539. The van der Waals surface area contributed by atoms with Crippen molar-refractivity contribution in [1.82, 2.24) is 13.8 Å². The summed E-state index contributed by atoms with van der Waals surface area (Å²) in [5, 5.41) is 1.05. The number of benzene rings is 2. The van der Waals surface area contributed by atoms with Crippen molar-refractivity contribution in [3.8, 4) is 0 Å². The zero-order valence-electron chi connectivity index (χ0n) is 15.8. The monoisotopic (exact) mass is 499 g/mol. The molecule has 0 bridgehead atoms. The lowest BCUT2D eigenvalue weighted by atomic mass is 10.2. The number of nitrogens with zero attached hydrogens (tertiary/aromatic N) is 3. The van der Waals surface area contributed by atoms with Crippen molar-refractivity contribution in [2.24, 2.45) is 0 Å². The number of hydrogen-bond donors (Lipinski definition) is 0. The fraction of sp³-hybridized carbons (Fsp3) is 0.300. The van der Waals surface area contributed by atoms with E-state index in [1.807, 2.05) is 0 Å². The molecule has 1 aliphatic rings. The van der Waals surface area contributed by atoms with Gasteiger partial charge in [0, 0.05) is 53.8 Å². The van der Waals surface area contributed by atoms with Gasteiger partial charge in [-0.15, -0.1) is 0 Å². The van der Waals surface area contributed by atoms with Crippen LogP contribution in [0, 0.1) is 5.82 Å². The molecule has 9 heteroatoms. The average molecular weight is 501 g/mol. The molecule has 0 spiro atoms. The van der Waals surface area contributed by atoms with E-state index < -0.39 is 15.8 Å². The minimum Gasteiger partial charge on any atom is -0.304 e. The maximum atomic E-state index is 13.6. The van der Waals surface area contributed by atoms with E-state index in [0.717, 1.165) is 31.7 Å². The van der Waals surface area contributed by atoms with Gasteiger partial charge in [-0.25, -0.2) is 16.8 Å². The number of hydrogen-bond acceptors (Lipinski definition) is 4. The number of fused-ring (bicyclic) bond motifs is 1. The Hall–Kier alpha value is -1.45. The summed E-state index contributed by atoms with van der Waals surface area (Å²) in [5.41, 5.74) is 1.19. The summed E-state index contributed by atoms with van der Waals surface area (Å²) in [4.78, 5) is 4.68. The Labute approximate surface area is 182 Å². The highest BCUT2D eigenvalue weighted by molar-refractivity contribution is 9.10. The zero-order valence-corrected chi connectivity index (χ0v) is 18.9. The van der Waals surface area contributed by atoms with Gasteiger partial charge in [0.15, 0.2) is 0 Å². The molecular formula is C20H20BrClFN3O2S. The lowest BCUT2D eigenvalue weighted by Crippen LogP contribution is -2.43. The molecule has 0 unspecified atom stereocenters. The van der Waals surface area contributed by atoms with E-state index in [2.05, 4.69) is 32.8 Å². The van der Waals surface area contributed by atoms with Crippen molar-refractivity contribution in [2.45, 2.75) is 11.4 Å². The van der Waals surface area contributed by atoms with Gasteiger partial charge in [-0.2, -0.15) is 0 Å². The van der Waals surface area contributed by atoms with Crippen LogP contribution < -0.4 is 0 Å². The maximum absolute atomic E-state index is 13.6. The van der Waals surface area contributed by atoms with Crippen molar-refractivity contribution < 1.29 is 12.8 Å². The van der Waals surface area contributed by atoms with E-state index in [0.29, 0.717) is 26.9 Å². The van der Waals surface area contributed by atoms with Crippen LogP contribution >= 0.6 is 27.5 Å². The van der Waals surface area contributed by atoms with Gasteiger partial charge in [0.1, 0.15) is 5.82 Å². The summed E-state index contributed by atoms with van der Waals surface area (Å²) in [7, 11) is -1.78. The van der Waals surface area contributed by atoms with E-state index in [4.69, 9.17) is 11.6 Å². The van der Waals surface area contributed by atoms with E-state index in [1.54, 1.807) is 12.1 Å². The fourth-order valence-electron chi connectivity index (χ4n) is 3.53. The van der Waals surface area contributed by atoms with Crippen LogP contribution in [-0.2, 0) is 16.6 Å². The molecule has 5 nitrogen and oxygen atoms in total. The molecule has 3 aromatic rings. The Morgan fingerprint density at radius 1 is 1.10 bits per heavy atom. The molecule has 2 aromatic carbocycles. The second-order valence-electron chi connectivity index (χ2n) is 7.27. The van der Waals surface area contributed by atoms with Crippen LogP contribution in [0.5, 0.6) is 0 Å². The Morgan fingerprint density at radius 2 is 1.83 bits per heavy atom. The second-order valence-corrected chi connectivity index (χ2v) is 10.3. The van der Waals surface area contributed by atoms with Gasteiger partial charge in [0.25, 0.3) is 10.0 Å². The molecule has 1 saturated heterocycles. The molecule has 0 radical (unpaired) electrons. The first kappa shape index (κ1) is 20.8. The van der Waals surface area contributed by atoms with Crippen molar-refractivity contribution in [2.75, 3.05) is 33.2 Å². The van der Waals surface area contributed by atoms with Crippen LogP contribution in [0.4, 0.5) is 4.39 Å². The molecule has 0 amide bonds. The smallest absolute Gasteiger partial charge is 0.268 e. The summed E-state index contributed by atoms with van der Waals surface area (Å²) in [6, 6.07) is 8.80. The summed E-state index contributed by atoms with van der Waals surface area (Å²) in [6.07, 6.45) is 1.45. The topological polar surface area (TPSA) is 45.6 Å². The molecule has 154 valence electrons. The first-order valence-electron chi connectivity index (χ1n) is 9.17. The van der Waals surface area contributed by atoms with Crippen LogP contribution in [0.2, 0.25) is 5.02 Å². The van der Waals surface area contributed by atoms with Gasteiger partial charge < -0.3 is 4.90 Å². The molecule has 4 rings (SSSR count). The van der Waals surface area contributed by atoms with Crippen molar-refractivity contribution in [1.29, 1.82) is 0 Å². The molecule has 0 saturated carbocycles. The molecule has 1 aromatic heterocycles. The van der Waals surface area contributed by atoms with Crippen LogP contribution in [0.1, 0.15) is 5.56 Å². The summed E-state index contributed by atoms with van der Waals surface area (Å²) < 4.78 is 41.9. The first-order valence-corrected chi connectivity index (χ1v) is 11.8. The van der Waals surface area contributed by atoms with Gasteiger partial charge >= 0.3 is 0 Å². The van der Waals surface area contributed by atoms with E-state index in [9.17, 15) is 12.8 Å². The minimum atomic E-state index is -3.87. The summed E-state index contributed by atoms with van der Waals surface area (Å²) >= 11 is 9.70. The molecule has 29 heavy (non-hydrogen) atoms. The Bertz CT molecular complexity index is 1170. The van der Waals surface area contributed by atoms with Crippen molar-refractivity contribution in [3.63, 3.8) is 0 Å². The fourth-order valence-corrected chi connectivity index (χ4v) is 5.78. The maximum Gasteiger partial charge on any atom is 0.268 e. The van der Waals surface area contributed by atoms with Gasteiger partial charge in [-0.1, -0.05) is 11.6 Å². The van der Waals surface area contributed by atoms with Gasteiger partial charge in [0.05, 0.1) is 10.4 Å². The summed E-state index contributed by atoms with van der Waals surface area (Å²) in [6.45, 7) is 4.34. The molecular weight excluding hydrogens is 481 g/mol.